The second-order valence-corrected chi connectivity index (χ2v) is 6.27. The van der Waals surface area contributed by atoms with Gasteiger partial charge in [-0.3, -0.25) is 4.79 Å². The lowest BCUT2D eigenvalue weighted by Gasteiger charge is -2.19. The Morgan fingerprint density at radius 2 is 1.82 bits per heavy atom. The van der Waals surface area contributed by atoms with E-state index in [9.17, 15) is 19.5 Å². The van der Waals surface area contributed by atoms with Crippen molar-refractivity contribution in [3.05, 3.63) is 11.8 Å². The summed E-state index contributed by atoms with van der Waals surface area (Å²) in [6.07, 6.45) is 0.386. The number of aromatic nitrogens is 2. The molecule has 10 N–H and O–H groups in total. The van der Waals surface area contributed by atoms with Crippen LogP contribution in [0.3, 0.4) is 0 Å². The standard InChI is InChI=1S/C15H27N7O6/c1-7(23)11(14(25)26)20-15(27)19-9(6-10(18)24)13-22-21-12(28-13)8(17)4-2-3-5-16/h7-9,11,23H,2-6,16-17H2,1H3,(H2,18,24)(H,25,26)(H2,19,20,27)/t7?,8-,9-,11?/m0/s1. The molecule has 0 spiro atoms. The number of carbonyl (C=O) groups excluding carboxylic acids is 2. The number of nitrogens with two attached hydrogens (primary N) is 3. The molecule has 0 radical (unpaired) electrons. The van der Waals surface area contributed by atoms with Gasteiger partial charge in [-0.2, -0.15) is 0 Å². The van der Waals surface area contributed by atoms with Crippen LogP contribution in [-0.2, 0) is 9.59 Å². The van der Waals surface area contributed by atoms with Crippen molar-refractivity contribution < 1.29 is 29.0 Å². The van der Waals surface area contributed by atoms with Gasteiger partial charge in [0.1, 0.15) is 6.04 Å². The molecule has 4 atom stereocenters. The highest BCUT2D eigenvalue weighted by Gasteiger charge is 2.29. The summed E-state index contributed by atoms with van der Waals surface area (Å²) in [6, 6.07) is -4.16. The number of hydrogen-bond donors (Lipinski definition) is 7. The second-order valence-electron chi connectivity index (χ2n) is 6.27. The summed E-state index contributed by atoms with van der Waals surface area (Å²) >= 11 is 0. The van der Waals surface area contributed by atoms with Gasteiger partial charge in [-0.1, -0.05) is 6.42 Å². The first kappa shape index (κ1) is 23.3. The molecule has 0 aliphatic rings. The number of rotatable bonds is 12. The highest BCUT2D eigenvalue weighted by Crippen LogP contribution is 2.20. The third-order valence-electron chi connectivity index (χ3n) is 3.79. The van der Waals surface area contributed by atoms with Gasteiger partial charge in [0.2, 0.25) is 17.7 Å². The van der Waals surface area contributed by atoms with Crippen LogP contribution >= 0.6 is 0 Å². The molecular weight excluding hydrogens is 374 g/mol. The summed E-state index contributed by atoms with van der Waals surface area (Å²) in [5.41, 5.74) is 16.6. The van der Waals surface area contributed by atoms with Crippen LogP contribution in [0, 0.1) is 0 Å². The van der Waals surface area contributed by atoms with Gasteiger partial charge in [0, 0.05) is 0 Å². The molecular formula is C15H27N7O6. The van der Waals surface area contributed by atoms with Crippen molar-refractivity contribution in [1.29, 1.82) is 0 Å². The molecule has 13 nitrogen and oxygen atoms in total. The normalized spacial score (nSPS) is 15.3. The Hall–Kier alpha value is -2.77. The number of aliphatic hydroxyl groups is 1. The van der Waals surface area contributed by atoms with E-state index in [4.69, 9.17) is 26.7 Å². The lowest BCUT2D eigenvalue weighted by Crippen LogP contribution is -2.52. The minimum atomic E-state index is -1.55. The lowest BCUT2D eigenvalue weighted by molar-refractivity contribution is -0.141. The molecule has 1 rings (SSSR count). The van der Waals surface area contributed by atoms with Gasteiger partial charge in [0.25, 0.3) is 0 Å². The first-order valence-electron chi connectivity index (χ1n) is 8.70. The fourth-order valence-corrected chi connectivity index (χ4v) is 2.30. The molecule has 0 fully saturated rings. The number of nitrogens with one attached hydrogen (secondary N) is 2. The van der Waals surface area contributed by atoms with Crippen molar-refractivity contribution in [2.24, 2.45) is 17.2 Å². The molecule has 0 aliphatic carbocycles. The summed E-state index contributed by atoms with van der Waals surface area (Å²) < 4.78 is 5.45. The number of carboxylic acids is 1. The number of hydrogen-bond acceptors (Lipinski definition) is 9. The van der Waals surface area contributed by atoms with Crippen molar-refractivity contribution in [2.45, 2.75) is 56.8 Å². The number of unbranched alkanes of at least 4 members (excludes halogenated alkanes) is 1. The summed E-state index contributed by atoms with van der Waals surface area (Å²) in [7, 11) is 0. The summed E-state index contributed by atoms with van der Waals surface area (Å²) in [6.45, 7) is 1.74. The summed E-state index contributed by atoms with van der Waals surface area (Å²) in [5.74, 6) is -2.18. The first-order valence-corrected chi connectivity index (χ1v) is 8.70. The van der Waals surface area contributed by atoms with E-state index in [2.05, 4.69) is 20.8 Å². The van der Waals surface area contributed by atoms with E-state index in [-0.39, 0.29) is 18.2 Å². The van der Waals surface area contributed by atoms with Crippen LogP contribution in [0.25, 0.3) is 0 Å². The van der Waals surface area contributed by atoms with E-state index < -0.39 is 42.1 Å². The van der Waals surface area contributed by atoms with Crippen LogP contribution in [0.4, 0.5) is 4.79 Å². The Labute approximate surface area is 161 Å². The zero-order chi connectivity index (χ0) is 21.3. The quantitative estimate of drug-likeness (QED) is 0.195. The van der Waals surface area contributed by atoms with Gasteiger partial charge in [0.15, 0.2) is 6.04 Å². The van der Waals surface area contributed by atoms with Crippen LogP contribution in [0.1, 0.15) is 56.5 Å². The number of urea groups is 1. The number of carbonyl (C=O) groups is 3. The molecule has 28 heavy (non-hydrogen) atoms. The van der Waals surface area contributed by atoms with Crippen molar-refractivity contribution in [3.8, 4) is 0 Å². The molecule has 0 aliphatic heterocycles. The van der Waals surface area contributed by atoms with E-state index >= 15 is 0 Å². The first-order chi connectivity index (χ1) is 13.1. The van der Waals surface area contributed by atoms with Crippen molar-refractivity contribution in [1.82, 2.24) is 20.8 Å². The largest absolute Gasteiger partial charge is 0.480 e. The molecule has 1 aromatic heterocycles. The molecule has 0 bridgehead atoms. The predicted octanol–water partition coefficient (Wildman–Crippen LogP) is -1.75. The Kier molecular flexibility index (Phi) is 9.27. The minimum Gasteiger partial charge on any atom is -0.480 e. The zero-order valence-corrected chi connectivity index (χ0v) is 15.5. The highest BCUT2D eigenvalue weighted by atomic mass is 16.4. The van der Waals surface area contributed by atoms with Gasteiger partial charge in [-0.25, -0.2) is 9.59 Å². The van der Waals surface area contributed by atoms with Crippen LogP contribution in [0.5, 0.6) is 0 Å². The Bertz CT molecular complexity index is 665. The molecule has 158 valence electrons. The van der Waals surface area contributed by atoms with E-state index in [0.29, 0.717) is 13.0 Å². The highest BCUT2D eigenvalue weighted by molar-refractivity contribution is 5.83. The third kappa shape index (κ3) is 7.46. The lowest BCUT2D eigenvalue weighted by atomic mass is 10.1. The molecule has 3 amide bonds. The van der Waals surface area contributed by atoms with Crippen molar-refractivity contribution >= 4 is 17.9 Å². The van der Waals surface area contributed by atoms with Crippen LogP contribution in [-0.4, -0.2) is 57.0 Å². The van der Waals surface area contributed by atoms with Gasteiger partial charge < -0.3 is 42.5 Å². The number of aliphatic carboxylic acids is 1. The summed E-state index contributed by atoms with van der Waals surface area (Å²) in [5, 5.41) is 30.4. The number of amides is 3. The molecule has 2 unspecified atom stereocenters. The number of nitrogens with zero attached hydrogens (tertiary/aromatic N) is 2. The number of aliphatic hydroxyl groups excluding tert-OH is 1. The fourth-order valence-electron chi connectivity index (χ4n) is 2.30. The fraction of sp³-hybridized carbons (Fsp3) is 0.667. The van der Waals surface area contributed by atoms with E-state index in [1.807, 2.05) is 0 Å². The monoisotopic (exact) mass is 401 g/mol. The van der Waals surface area contributed by atoms with Gasteiger partial charge in [-0.05, 0) is 26.3 Å². The molecule has 1 heterocycles. The molecule has 0 aromatic carbocycles. The van der Waals surface area contributed by atoms with E-state index in [0.717, 1.165) is 12.8 Å². The zero-order valence-electron chi connectivity index (χ0n) is 15.5. The average Bonchev–Trinajstić information content (AvgIpc) is 3.08. The topological polar surface area (TPSA) is 233 Å². The smallest absolute Gasteiger partial charge is 0.328 e. The Balaban J connectivity index is 2.84. The van der Waals surface area contributed by atoms with Gasteiger partial charge >= 0.3 is 12.0 Å². The average molecular weight is 401 g/mol. The molecule has 1 aromatic rings. The number of primary amides is 1. The van der Waals surface area contributed by atoms with Crippen LogP contribution in [0.15, 0.2) is 4.42 Å². The maximum atomic E-state index is 12.1. The molecule has 13 heteroatoms. The van der Waals surface area contributed by atoms with Crippen LogP contribution < -0.4 is 27.8 Å². The third-order valence-corrected chi connectivity index (χ3v) is 3.79. The van der Waals surface area contributed by atoms with Crippen molar-refractivity contribution in [2.75, 3.05) is 6.54 Å². The second kappa shape index (κ2) is 11.2. The van der Waals surface area contributed by atoms with E-state index in [1.54, 1.807) is 0 Å². The Morgan fingerprint density at radius 3 is 2.36 bits per heavy atom. The van der Waals surface area contributed by atoms with Crippen LogP contribution in [0.2, 0.25) is 0 Å². The molecule has 0 saturated carbocycles. The Morgan fingerprint density at radius 1 is 1.18 bits per heavy atom. The minimum absolute atomic E-state index is 0.109. The maximum absolute atomic E-state index is 12.1. The predicted molar refractivity (Wildman–Crippen MR) is 95.5 cm³/mol. The van der Waals surface area contributed by atoms with Gasteiger partial charge in [0.05, 0.1) is 18.6 Å². The summed E-state index contributed by atoms with van der Waals surface area (Å²) in [4.78, 5) is 34.4. The SMILES string of the molecule is CC(O)C(NC(=O)N[C@@H](CC(N)=O)c1nnc([C@@H](N)CCCCN)o1)C(=O)O. The number of carboxylic acid groups (broad SMARTS) is 1. The maximum Gasteiger partial charge on any atom is 0.328 e. The van der Waals surface area contributed by atoms with E-state index in [1.165, 1.54) is 6.92 Å². The molecule has 0 saturated heterocycles. The van der Waals surface area contributed by atoms with Crippen molar-refractivity contribution in [3.63, 3.8) is 0 Å². The van der Waals surface area contributed by atoms with Gasteiger partial charge in [-0.15, -0.1) is 10.2 Å².